The van der Waals surface area contributed by atoms with Gasteiger partial charge < -0.3 is 30.8 Å². The molecule has 1 amide bonds. The number of carbonyl (C=O) groups is 1. The smallest absolute Gasteiger partial charge is 0.271 e. The number of carbonyl (C=O) groups excluding carboxylic acids is 1. The molecule has 2 fully saturated rings. The van der Waals surface area contributed by atoms with E-state index in [1.165, 1.54) is 10.9 Å². The molecule has 2 aliphatic heterocycles. The van der Waals surface area contributed by atoms with Crippen LogP contribution in [0.5, 0.6) is 0 Å². The van der Waals surface area contributed by atoms with Crippen LogP contribution >= 0.6 is 0 Å². The van der Waals surface area contributed by atoms with Crippen LogP contribution in [0, 0.1) is 0 Å². The Balaban J connectivity index is 1.94. The lowest BCUT2D eigenvalue weighted by Gasteiger charge is -2.24. The van der Waals surface area contributed by atoms with E-state index in [1.54, 1.807) is 13.8 Å². The van der Waals surface area contributed by atoms with Crippen LogP contribution < -0.4 is 11.5 Å². The number of primary amides is 1. The molecule has 5 N–H and O–H groups in total. The highest BCUT2D eigenvalue weighted by Gasteiger charge is 2.56. The molecular weight excluding hydrogens is 280 g/mol. The average Bonchev–Trinajstić information content (AvgIpc) is 3.00. The van der Waals surface area contributed by atoms with Crippen LogP contribution in [-0.2, 0) is 14.2 Å². The quantitative estimate of drug-likeness (QED) is 0.649. The number of aliphatic hydroxyl groups is 1. The third-order valence-corrected chi connectivity index (χ3v) is 3.64. The van der Waals surface area contributed by atoms with Gasteiger partial charge in [0.15, 0.2) is 17.7 Å². The SMILES string of the molecule is CC1(C)OC2C(CO)OC(n3cnc(C(N)=O)c3N)C2O1. The van der Waals surface area contributed by atoms with Crippen molar-refractivity contribution in [1.82, 2.24) is 9.55 Å². The van der Waals surface area contributed by atoms with Crippen molar-refractivity contribution in [3.05, 3.63) is 12.0 Å². The van der Waals surface area contributed by atoms with Gasteiger partial charge in [-0.1, -0.05) is 0 Å². The molecule has 4 atom stereocenters. The fourth-order valence-corrected chi connectivity index (χ4v) is 2.79. The molecule has 3 rings (SSSR count). The molecule has 1 aromatic heterocycles. The zero-order valence-corrected chi connectivity index (χ0v) is 11.7. The number of nitrogen functional groups attached to an aromatic ring is 1. The third kappa shape index (κ3) is 2.18. The van der Waals surface area contributed by atoms with Crippen molar-refractivity contribution in [3.63, 3.8) is 0 Å². The second-order valence-electron chi connectivity index (χ2n) is 5.56. The molecule has 0 aromatic carbocycles. The molecule has 0 spiro atoms. The highest BCUT2D eigenvalue weighted by molar-refractivity contribution is 5.95. The van der Waals surface area contributed by atoms with E-state index < -0.39 is 36.2 Å². The van der Waals surface area contributed by atoms with Gasteiger partial charge in [-0.25, -0.2) is 4.98 Å². The Morgan fingerprint density at radius 2 is 2.14 bits per heavy atom. The monoisotopic (exact) mass is 298 g/mol. The van der Waals surface area contributed by atoms with Crippen LogP contribution in [0.4, 0.5) is 5.82 Å². The Bertz CT molecular complexity index is 572. The molecule has 9 nitrogen and oxygen atoms in total. The Morgan fingerprint density at radius 3 is 2.71 bits per heavy atom. The van der Waals surface area contributed by atoms with E-state index in [2.05, 4.69) is 4.98 Å². The summed E-state index contributed by atoms with van der Waals surface area (Å²) in [5, 5.41) is 9.42. The predicted molar refractivity (Wildman–Crippen MR) is 70.0 cm³/mol. The van der Waals surface area contributed by atoms with Gasteiger partial charge in [-0.15, -0.1) is 0 Å². The molecule has 116 valence electrons. The summed E-state index contributed by atoms with van der Waals surface area (Å²) in [5.74, 6) is -1.41. The summed E-state index contributed by atoms with van der Waals surface area (Å²) < 4.78 is 18.8. The fraction of sp³-hybridized carbons (Fsp3) is 0.667. The van der Waals surface area contributed by atoms with E-state index in [4.69, 9.17) is 25.7 Å². The first kappa shape index (κ1) is 14.3. The number of imidazole rings is 1. The molecule has 9 heteroatoms. The standard InChI is InChI=1S/C12H18N4O5/c1-12(2)20-7-5(3-17)19-11(8(7)21-12)16-4-15-6(9(16)13)10(14)18/h4-5,7-8,11,17H,3,13H2,1-2H3,(H2,14,18). The lowest BCUT2D eigenvalue weighted by Crippen LogP contribution is -2.31. The van der Waals surface area contributed by atoms with Gasteiger partial charge >= 0.3 is 0 Å². The number of amides is 1. The molecule has 0 aliphatic carbocycles. The van der Waals surface area contributed by atoms with Crippen molar-refractivity contribution in [2.45, 2.75) is 44.2 Å². The minimum absolute atomic E-state index is 0.0271. The minimum Gasteiger partial charge on any atom is -0.394 e. The minimum atomic E-state index is -0.785. The molecule has 21 heavy (non-hydrogen) atoms. The Labute approximate surface area is 120 Å². The molecule has 3 heterocycles. The van der Waals surface area contributed by atoms with Gasteiger partial charge in [0.25, 0.3) is 5.91 Å². The van der Waals surface area contributed by atoms with Crippen molar-refractivity contribution < 1.29 is 24.1 Å². The first-order chi connectivity index (χ1) is 9.84. The molecule has 0 bridgehead atoms. The summed E-state index contributed by atoms with van der Waals surface area (Å²) in [6.07, 6.45) is -0.704. The lowest BCUT2D eigenvalue weighted by atomic mass is 10.1. The van der Waals surface area contributed by atoms with Gasteiger partial charge in [0.1, 0.15) is 24.1 Å². The first-order valence-corrected chi connectivity index (χ1v) is 6.58. The maximum atomic E-state index is 11.2. The maximum Gasteiger partial charge on any atom is 0.271 e. The summed E-state index contributed by atoms with van der Waals surface area (Å²) in [6, 6.07) is 0. The van der Waals surface area contributed by atoms with Gasteiger partial charge in [-0.05, 0) is 13.8 Å². The van der Waals surface area contributed by atoms with Crippen LogP contribution in [0.3, 0.4) is 0 Å². The first-order valence-electron chi connectivity index (χ1n) is 6.58. The Morgan fingerprint density at radius 1 is 1.48 bits per heavy atom. The van der Waals surface area contributed by atoms with Crippen LogP contribution in [0.2, 0.25) is 0 Å². The number of nitrogens with two attached hydrogens (primary N) is 2. The van der Waals surface area contributed by atoms with Gasteiger partial charge in [0, 0.05) is 0 Å². The number of fused-ring (bicyclic) bond motifs is 1. The zero-order valence-electron chi connectivity index (χ0n) is 11.7. The lowest BCUT2D eigenvalue weighted by molar-refractivity contribution is -0.199. The summed E-state index contributed by atoms with van der Waals surface area (Å²) in [4.78, 5) is 15.1. The fourth-order valence-electron chi connectivity index (χ4n) is 2.79. The molecule has 2 aliphatic rings. The number of aliphatic hydroxyl groups excluding tert-OH is 1. The highest BCUT2D eigenvalue weighted by Crippen LogP contribution is 2.43. The van der Waals surface area contributed by atoms with Crippen molar-refractivity contribution in [3.8, 4) is 0 Å². The van der Waals surface area contributed by atoms with E-state index in [-0.39, 0.29) is 18.1 Å². The van der Waals surface area contributed by atoms with E-state index in [9.17, 15) is 9.90 Å². The van der Waals surface area contributed by atoms with Crippen molar-refractivity contribution >= 4 is 11.7 Å². The average molecular weight is 298 g/mol. The Hall–Kier alpha value is -1.68. The molecule has 0 saturated carbocycles. The molecule has 1 aromatic rings. The summed E-state index contributed by atoms with van der Waals surface area (Å²) in [5.41, 5.74) is 11.1. The predicted octanol–water partition coefficient (Wildman–Crippen LogP) is -1.03. The van der Waals surface area contributed by atoms with Crippen molar-refractivity contribution in [2.75, 3.05) is 12.3 Å². The largest absolute Gasteiger partial charge is 0.394 e. The number of hydrogen-bond acceptors (Lipinski definition) is 7. The van der Waals surface area contributed by atoms with Gasteiger partial charge in [0.2, 0.25) is 0 Å². The van der Waals surface area contributed by atoms with Crippen LogP contribution in [-0.4, -0.2) is 51.3 Å². The van der Waals surface area contributed by atoms with Crippen LogP contribution in [0.1, 0.15) is 30.6 Å². The van der Waals surface area contributed by atoms with E-state index in [0.717, 1.165) is 0 Å². The normalized spacial score (nSPS) is 34.0. The molecule has 0 radical (unpaired) electrons. The van der Waals surface area contributed by atoms with Crippen molar-refractivity contribution in [1.29, 1.82) is 0 Å². The molecular formula is C12H18N4O5. The van der Waals surface area contributed by atoms with Crippen LogP contribution in [0.25, 0.3) is 0 Å². The molecule has 4 unspecified atom stereocenters. The Kier molecular flexibility index (Phi) is 3.17. The molecule has 2 saturated heterocycles. The number of hydrogen-bond donors (Lipinski definition) is 3. The van der Waals surface area contributed by atoms with Crippen LogP contribution in [0.15, 0.2) is 6.33 Å². The highest BCUT2D eigenvalue weighted by atomic mass is 16.8. The second kappa shape index (κ2) is 4.67. The number of ether oxygens (including phenoxy) is 3. The van der Waals surface area contributed by atoms with E-state index >= 15 is 0 Å². The van der Waals surface area contributed by atoms with Gasteiger partial charge in [0.05, 0.1) is 12.9 Å². The number of rotatable bonds is 3. The van der Waals surface area contributed by atoms with Crippen molar-refractivity contribution in [2.24, 2.45) is 5.73 Å². The number of nitrogens with zero attached hydrogens (tertiary/aromatic N) is 2. The van der Waals surface area contributed by atoms with Gasteiger partial charge in [-0.2, -0.15) is 0 Å². The number of aromatic nitrogens is 2. The van der Waals surface area contributed by atoms with E-state index in [1.807, 2.05) is 0 Å². The van der Waals surface area contributed by atoms with E-state index in [0.29, 0.717) is 0 Å². The summed E-state index contributed by atoms with van der Waals surface area (Å²) >= 11 is 0. The zero-order chi connectivity index (χ0) is 15.4. The summed E-state index contributed by atoms with van der Waals surface area (Å²) in [7, 11) is 0. The number of anilines is 1. The summed E-state index contributed by atoms with van der Waals surface area (Å²) in [6.45, 7) is 3.35. The van der Waals surface area contributed by atoms with Gasteiger partial charge in [-0.3, -0.25) is 9.36 Å². The topological polar surface area (TPSA) is 135 Å². The maximum absolute atomic E-state index is 11.2. The second-order valence-corrected chi connectivity index (χ2v) is 5.56. The third-order valence-electron chi connectivity index (χ3n) is 3.64.